The lowest BCUT2D eigenvalue weighted by Gasteiger charge is -2.24. The molecule has 0 bridgehead atoms. The summed E-state index contributed by atoms with van der Waals surface area (Å²) in [6.07, 6.45) is 18.3. The lowest BCUT2D eigenvalue weighted by Crippen LogP contribution is -2.37. The van der Waals surface area contributed by atoms with Gasteiger partial charge in [-0.15, -0.1) is 0 Å². The van der Waals surface area contributed by atoms with Gasteiger partial charge in [0.2, 0.25) is 0 Å². The molecular weight excluding hydrogens is 428 g/mol. The summed E-state index contributed by atoms with van der Waals surface area (Å²) in [7, 11) is 0. The van der Waals surface area contributed by atoms with E-state index in [2.05, 4.69) is 13.8 Å². The molecule has 0 spiro atoms. The predicted octanol–water partition coefficient (Wildman–Crippen LogP) is 7.77. The second kappa shape index (κ2) is 22.2. The lowest BCUT2D eigenvalue weighted by atomic mass is 10.1. The molecule has 0 saturated heterocycles. The smallest absolute Gasteiger partial charge is 0.186 e. The molecule has 1 rings (SSSR count). The summed E-state index contributed by atoms with van der Waals surface area (Å²) < 4.78 is 17.5. The molecule has 1 aromatic rings. The van der Waals surface area contributed by atoms with Gasteiger partial charge in [0, 0.05) is 19.3 Å². The Bertz CT molecular complexity index is 543. The fourth-order valence-electron chi connectivity index (χ4n) is 3.97. The first-order chi connectivity index (χ1) is 16.7. The van der Waals surface area contributed by atoms with Crippen LogP contribution in [0.4, 0.5) is 0 Å². The van der Waals surface area contributed by atoms with Crippen LogP contribution >= 0.6 is 0 Å². The highest BCUT2D eigenvalue weighted by Gasteiger charge is 2.21. The maximum atomic E-state index is 10.6. The van der Waals surface area contributed by atoms with Gasteiger partial charge in [-0.1, -0.05) is 110 Å². The summed E-state index contributed by atoms with van der Waals surface area (Å²) in [5, 5.41) is 20.2. The zero-order chi connectivity index (χ0) is 24.7. The third-order valence-electron chi connectivity index (χ3n) is 6.11. The topological polar surface area (TPSA) is 68.2 Å². The van der Waals surface area contributed by atoms with E-state index in [1.165, 1.54) is 83.1 Å². The Kier molecular flexibility index (Phi) is 20.0. The molecule has 1 atom stereocenters. The van der Waals surface area contributed by atoms with Crippen molar-refractivity contribution < 1.29 is 24.4 Å². The Labute approximate surface area is 209 Å². The second-order valence-corrected chi connectivity index (χ2v) is 9.44. The highest BCUT2D eigenvalue weighted by atomic mass is 16.7. The van der Waals surface area contributed by atoms with E-state index in [1.54, 1.807) is 18.2 Å². The van der Waals surface area contributed by atoms with E-state index in [0.717, 1.165) is 25.7 Å². The van der Waals surface area contributed by atoms with Crippen LogP contribution in [0.3, 0.4) is 0 Å². The largest absolute Gasteiger partial charge is 0.508 e. The Morgan fingerprint density at radius 2 is 1.15 bits per heavy atom. The van der Waals surface area contributed by atoms with Crippen molar-refractivity contribution in [3.8, 4) is 11.5 Å². The zero-order valence-corrected chi connectivity index (χ0v) is 22.0. The summed E-state index contributed by atoms with van der Waals surface area (Å²) in [4.78, 5) is 0. The molecule has 0 amide bonds. The van der Waals surface area contributed by atoms with E-state index >= 15 is 0 Å². The molecule has 1 aromatic carbocycles. The van der Waals surface area contributed by atoms with Gasteiger partial charge in [0.1, 0.15) is 24.2 Å². The van der Waals surface area contributed by atoms with Crippen LogP contribution in [-0.4, -0.2) is 42.4 Å². The van der Waals surface area contributed by atoms with E-state index in [1.807, 2.05) is 0 Å². The van der Waals surface area contributed by atoms with Gasteiger partial charge >= 0.3 is 0 Å². The molecule has 5 nitrogen and oxygen atoms in total. The van der Waals surface area contributed by atoms with Gasteiger partial charge < -0.3 is 24.4 Å². The first-order valence-electron chi connectivity index (χ1n) is 14.0. The van der Waals surface area contributed by atoms with E-state index < -0.39 is 12.4 Å². The Morgan fingerprint density at radius 3 is 1.62 bits per heavy atom. The number of hydrogen-bond acceptors (Lipinski definition) is 5. The van der Waals surface area contributed by atoms with Crippen molar-refractivity contribution in [1.82, 2.24) is 0 Å². The van der Waals surface area contributed by atoms with Crippen LogP contribution in [0.15, 0.2) is 24.3 Å². The summed E-state index contributed by atoms with van der Waals surface area (Å²) in [6.45, 7) is 5.71. The van der Waals surface area contributed by atoms with Crippen molar-refractivity contribution in [2.75, 3.05) is 19.8 Å². The highest BCUT2D eigenvalue weighted by Crippen LogP contribution is 2.19. The van der Waals surface area contributed by atoms with Crippen LogP contribution < -0.4 is 4.74 Å². The molecule has 1 unspecified atom stereocenters. The standard InChI is InChI=1S/C29H52O5/c1-3-5-7-9-11-13-15-17-22-32-29(33-23-18-16-14-12-10-8-6-4-2)28(31)25-34-27-21-19-20-26(30)24-27/h19-21,24,28-31H,3-18,22-23,25H2,1-2H3. The third kappa shape index (κ3) is 17.2. The van der Waals surface area contributed by atoms with Crippen molar-refractivity contribution in [3.63, 3.8) is 0 Å². The van der Waals surface area contributed by atoms with Crippen molar-refractivity contribution in [2.24, 2.45) is 0 Å². The molecule has 0 saturated carbocycles. The Balaban J connectivity index is 2.29. The van der Waals surface area contributed by atoms with Crippen LogP contribution in [0.2, 0.25) is 0 Å². The van der Waals surface area contributed by atoms with Crippen LogP contribution in [0.25, 0.3) is 0 Å². The van der Waals surface area contributed by atoms with Gasteiger partial charge in [-0.2, -0.15) is 0 Å². The number of benzene rings is 1. The number of aromatic hydroxyl groups is 1. The summed E-state index contributed by atoms with van der Waals surface area (Å²) in [5.41, 5.74) is 0. The van der Waals surface area contributed by atoms with Gasteiger partial charge in [0.15, 0.2) is 6.29 Å². The van der Waals surface area contributed by atoms with Crippen molar-refractivity contribution >= 4 is 0 Å². The van der Waals surface area contributed by atoms with Gasteiger partial charge in [0.05, 0.1) is 0 Å². The molecule has 0 radical (unpaired) electrons. The molecule has 0 heterocycles. The molecular formula is C29H52O5. The first-order valence-corrected chi connectivity index (χ1v) is 14.0. The number of aliphatic hydroxyl groups excluding tert-OH is 1. The van der Waals surface area contributed by atoms with Gasteiger partial charge in [-0.3, -0.25) is 0 Å². The molecule has 198 valence electrons. The fourth-order valence-corrected chi connectivity index (χ4v) is 3.97. The maximum absolute atomic E-state index is 10.6. The summed E-state index contributed by atoms with van der Waals surface area (Å²) in [6, 6.07) is 6.59. The Hall–Kier alpha value is -1.30. The SMILES string of the molecule is CCCCCCCCCCOC(OCCCCCCCCCC)C(O)COc1cccc(O)c1. The fraction of sp³-hybridized carbons (Fsp3) is 0.793. The van der Waals surface area contributed by atoms with Gasteiger partial charge in [-0.05, 0) is 25.0 Å². The monoisotopic (exact) mass is 480 g/mol. The maximum Gasteiger partial charge on any atom is 0.186 e. The lowest BCUT2D eigenvalue weighted by molar-refractivity contribution is -0.200. The van der Waals surface area contributed by atoms with Crippen LogP contribution in [-0.2, 0) is 9.47 Å². The molecule has 5 heteroatoms. The number of rotatable bonds is 24. The van der Waals surface area contributed by atoms with E-state index in [9.17, 15) is 10.2 Å². The third-order valence-corrected chi connectivity index (χ3v) is 6.11. The average molecular weight is 481 g/mol. The molecule has 34 heavy (non-hydrogen) atoms. The summed E-state index contributed by atoms with van der Waals surface area (Å²) in [5.74, 6) is 0.657. The molecule has 2 N–H and O–H groups in total. The van der Waals surface area contributed by atoms with Crippen molar-refractivity contribution in [2.45, 2.75) is 129 Å². The Morgan fingerprint density at radius 1 is 0.676 bits per heavy atom. The minimum atomic E-state index is -0.884. The molecule has 0 aliphatic heterocycles. The number of hydrogen-bond donors (Lipinski definition) is 2. The van der Waals surface area contributed by atoms with E-state index in [4.69, 9.17) is 14.2 Å². The molecule has 0 aromatic heterocycles. The predicted molar refractivity (Wildman–Crippen MR) is 141 cm³/mol. The van der Waals surface area contributed by atoms with Crippen LogP contribution in [0.1, 0.15) is 117 Å². The zero-order valence-electron chi connectivity index (χ0n) is 22.0. The minimum Gasteiger partial charge on any atom is -0.508 e. The van der Waals surface area contributed by atoms with E-state index in [-0.39, 0.29) is 12.4 Å². The molecule has 0 aliphatic rings. The van der Waals surface area contributed by atoms with Gasteiger partial charge in [0.25, 0.3) is 0 Å². The van der Waals surface area contributed by atoms with E-state index in [0.29, 0.717) is 19.0 Å². The molecule has 0 aliphatic carbocycles. The van der Waals surface area contributed by atoms with Crippen LogP contribution in [0, 0.1) is 0 Å². The van der Waals surface area contributed by atoms with Crippen molar-refractivity contribution in [3.05, 3.63) is 24.3 Å². The number of aliphatic hydroxyl groups is 1. The number of unbranched alkanes of at least 4 members (excludes halogenated alkanes) is 14. The normalized spacial score (nSPS) is 12.4. The van der Waals surface area contributed by atoms with Crippen molar-refractivity contribution in [1.29, 1.82) is 0 Å². The quantitative estimate of drug-likeness (QED) is 0.117. The number of phenols is 1. The minimum absolute atomic E-state index is 0.0585. The second-order valence-electron chi connectivity index (χ2n) is 9.44. The van der Waals surface area contributed by atoms with Gasteiger partial charge in [-0.25, -0.2) is 0 Å². The van der Waals surface area contributed by atoms with Crippen LogP contribution in [0.5, 0.6) is 11.5 Å². The average Bonchev–Trinajstić information content (AvgIpc) is 2.84. The number of phenolic OH excluding ortho intramolecular Hbond substituents is 1. The first kappa shape index (κ1) is 30.7. The molecule has 0 fully saturated rings. The number of ether oxygens (including phenoxy) is 3. The highest BCUT2D eigenvalue weighted by molar-refractivity contribution is 5.31. The summed E-state index contributed by atoms with van der Waals surface area (Å²) >= 11 is 0.